The van der Waals surface area contributed by atoms with Gasteiger partial charge in [-0.15, -0.1) is 11.3 Å². The number of carbonyl (C=O) groups excluding carboxylic acids is 1. The lowest BCUT2D eigenvalue weighted by molar-refractivity contribution is 0.0943. The normalized spacial score (nSPS) is 12.4. The summed E-state index contributed by atoms with van der Waals surface area (Å²) in [4.78, 5) is 18.3. The largest absolute Gasteiger partial charge is 0.340 e. The minimum Gasteiger partial charge on any atom is -0.340 e. The number of rotatable bonds is 5. The van der Waals surface area contributed by atoms with Gasteiger partial charge in [0.1, 0.15) is 5.82 Å². The molecule has 1 amide bonds. The van der Waals surface area contributed by atoms with Gasteiger partial charge in [-0.05, 0) is 49.1 Å². The van der Waals surface area contributed by atoms with Crippen molar-refractivity contribution in [3.63, 3.8) is 0 Å². The Balaban J connectivity index is 1.64. The van der Waals surface area contributed by atoms with Crippen molar-refractivity contribution >= 4 is 28.3 Å². The molecule has 0 radical (unpaired) electrons. The summed E-state index contributed by atoms with van der Waals surface area (Å²) < 4.78 is 15.1. The number of thiophene rings is 1. The number of aromatic nitrogens is 3. The van der Waals surface area contributed by atoms with Gasteiger partial charge >= 0.3 is 0 Å². The quantitative estimate of drug-likeness (QED) is 0.532. The summed E-state index contributed by atoms with van der Waals surface area (Å²) in [6.45, 7) is 4.06. The molecule has 0 saturated heterocycles. The minimum absolute atomic E-state index is 0.186. The fraction of sp³-hybridized carbons (Fsp3) is 0.190. The molecular formula is C21H19FN4OS. The number of hydrogen-bond donors (Lipinski definition) is 1. The number of hydrogen-bond acceptors (Lipinski definition) is 4. The predicted octanol–water partition coefficient (Wildman–Crippen LogP) is 4.73. The van der Waals surface area contributed by atoms with Crippen molar-refractivity contribution in [2.24, 2.45) is 0 Å². The molecule has 142 valence electrons. The summed E-state index contributed by atoms with van der Waals surface area (Å²) in [5.74, 6) is -0.550. The maximum Gasteiger partial charge on any atom is 0.253 e. The molecule has 28 heavy (non-hydrogen) atoms. The first kappa shape index (κ1) is 18.3. The molecular weight excluding hydrogens is 375 g/mol. The maximum absolute atomic E-state index is 13.3. The van der Waals surface area contributed by atoms with Crippen LogP contribution in [-0.2, 0) is 0 Å². The van der Waals surface area contributed by atoms with E-state index in [-0.39, 0.29) is 23.8 Å². The Morgan fingerprint density at radius 1 is 1.18 bits per heavy atom. The van der Waals surface area contributed by atoms with Crippen molar-refractivity contribution in [2.75, 3.05) is 0 Å². The molecule has 1 aromatic carbocycles. The second kappa shape index (κ2) is 7.52. The van der Waals surface area contributed by atoms with Gasteiger partial charge in [0.25, 0.3) is 5.91 Å². The van der Waals surface area contributed by atoms with Crippen LogP contribution in [0.3, 0.4) is 0 Å². The molecule has 3 heterocycles. The van der Waals surface area contributed by atoms with Crippen LogP contribution in [0.25, 0.3) is 11.0 Å². The minimum atomic E-state index is -0.359. The third-order valence-corrected chi connectivity index (χ3v) is 5.43. The van der Waals surface area contributed by atoms with Gasteiger partial charge in [-0.25, -0.2) is 14.1 Å². The van der Waals surface area contributed by atoms with E-state index in [2.05, 4.69) is 15.4 Å². The Kier molecular flexibility index (Phi) is 4.92. The molecule has 0 fully saturated rings. The molecule has 4 aromatic rings. The molecule has 0 spiro atoms. The van der Waals surface area contributed by atoms with Crippen molar-refractivity contribution in [3.8, 4) is 0 Å². The first-order chi connectivity index (χ1) is 13.5. The van der Waals surface area contributed by atoms with E-state index in [1.54, 1.807) is 30.6 Å². The number of nitrogens with zero attached hydrogens (tertiary/aromatic N) is 3. The Hall–Kier alpha value is -3.06. The van der Waals surface area contributed by atoms with Crippen molar-refractivity contribution in [1.82, 2.24) is 20.1 Å². The lowest BCUT2D eigenvalue weighted by atomic mass is 10.0. The van der Waals surface area contributed by atoms with Gasteiger partial charge in [0.05, 0.1) is 17.8 Å². The van der Waals surface area contributed by atoms with Crippen molar-refractivity contribution in [2.45, 2.75) is 25.9 Å². The van der Waals surface area contributed by atoms with E-state index in [0.717, 1.165) is 21.5 Å². The second-order valence-electron chi connectivity index (χ2n) is 6.79. The summed E-state index contributed by atoms with van der Waals surface area (Å²) in [6, 6.07) is 11.7. The Bertz CT molecular complexity index is 1100. The summed E-state index contributed by atoms with van der Waals surface area (Å²) in [5, 5.41) is 10.2. The van der Waals surface area contributed by atoms with Crippen LogP contribution in [-0.4, -0.2) is 20.7 Å². The van der Waals surface area contributed by atoms with E-state index in [1.807, 2.05) is 36.0 Å². The number of amides is 1. The summed E-state index contributed by atoms with van der Waals surface area (Å²) >= 11 is 1.54. The smallest absolute Gasteiger partial charge is 0.253 e. The lowest BCUT2D eigenvalue weighted by Gasteiger charge is -2.18. The van der Waals surface area contributed by atoms with E-state index in [0.29, 0.717) is 5.56 Å². The molecule has 1 atom stereocenters. The molecule has 1 N–H and O–H groups in total. The van der Waals surface area contributed by atoms with Crippen LogP contribution in [0.1, 0.15) is 46.7 Å². The summed E-state index contributed by atoms with van der Waals surface area (Å²) in [7, 11) is 0. The van der Waals surface area contributed by atoms with Gasteiger partial charge in [0.2, 0.25) is 0 Å². The maximum atomic E-state index is 13.3. The van der Waals surface area contributed by atoms with E-state index in [9.17, 15) is 9.18 Å². The highest BCUT2D eigenvalue weighted by Gasteiger charge is 2.20. The standard InChI is InChI=1S/C21H19FN4OS/c1-13(2)26-20-15(12-24-26)10-16(11-23-20)21(27)25-19(18-4-3-9-28-18)14-5-7-17(22)8-6-14/h3-13,19H,1-2H3,(H,25,27)/t19-/m1/s1. The molecule has 0 unspecified atom stereocenters. The number of pyridine rings is 1. The average Bonchev–Trinajstić information content (AvgIpc) is 3.36. The van der Waals surface area contributed by atoms with Gasteiger partial charge < -0.3 is 5.32 Å². The molecule has 7 heteroatoms. The lowest BCUT2D eigenvalue weighted by Crippen LogP contribution is -2.29. The zero-order valence-corrected chi connectivity index (χ0v) is 16.3. The first-order valence-electron chi connectivity index (χ1n) is 8.96. The second-order valence-corrected chi connectivity index (χ2v) is 7.77. The zero-order valence-electron chi connectivity index (χ0n) is 15.5. The predicted molar refractivity (Wildman–Crippen MR) is 108 cm³/mol. The number of benzene rings is 1. The fourth-order valence-corrected chi connectivity index (χ4v) is 3.89. The van der Waals surface area contributed by atoms with Crippen LogP contribution in [0, 0.1) is 5.82 Å². The Labute approximate surface area is 165 Å². The average molecular weight is 394 g/mol. The van der Waals surface area contributed by atoms with E-state index in [1.165, 1.54) is 23.5 Å². The molecule has 5 nitrogen and oxygen atoms in total. The number of halogens is 1. The molecule has 0 aliphatic carbocycles. The van der Waals surface area contributed by atoms with E-state index >= 15 is 0 Å². The number of carbonyl (C=O) groups is 1. The molecule has 3 aromatic heterocycles. The van der Waals surface area contributed by atoms with Crippen molar-refractivity contribution in [3.05, 3.63) is 82.1 Å². The summed E-state index contributed by atoms with van der Waals surface area (Å²) in [5.41, 5.74) is 2.03. The molecule has 4 rings (SSSR count). The number of fused-ring (bicyclic) bond motifs is 1. The van der Waals surface area contributed by atoms with Gasteiger partial charge in [0.15, 0.2) is 5.65 Å². The van der Waals surface area contributed by atoms with Crippen LogP contribution in [0.15, 0.2) is 60.2 Å². The third kappa shape index (κ3) is 3.53. The van der Waals surface area contributed by atoms with Crippen LogP contribution in [0.4, 0.5) is 4.39 Å². The molecule has 0 aliphatic heterocycles. The van der Waals surface area contributed by atoms with E-state index < -0.39 is 0 Å². The number of nitrogens with one attached hydrogen (secondary N) is 1. The summed E-state index contributed by atoms with van der Waals surface area (Å²) in [6.07, 6.45) is 3.28. The molecule has 0 bridgehead atoms. The van der Waals surface area contributed by atoms with Crippen LogP contribution in [0.2, 0.25) is 0 Å². The highest BCUT2D eigenvalue weighted by atomic mass is 32.1. The van der Waals surface area contributed by atoms with Crippen LogP contribution in [0.5, 0.6) is 0 Å². The van der Waals surface area contributed by atoms with Gasteiger partial charge in [0, 0.05) is 22.5 Å². The van der Waals surface area contributed by atoms with Crippen molar-refractivity contribution < 1.29 is 9.18 Å². The fourth-order valence-electron chi connectivity index (χ4n) is 3.09. The van der Waals surface area contributed by atoms with Crippen LogP contribution >= 0.6 is 11.3 Å². The monoisotopic (exact) mass is 394 g/mol. The van der Waals surface area contributed by atoms with E-state index in [4.69, 9.17) is 0 Å². The van der Waals surface area contributed by atoms with Crippen molar-refractivity contribution in [1.29, 1.82) is 0 Å². The zero-order chi connectivity index (χ0) is 19.7. The van der Waals surface area contributed by atoms with Gasteiger partial charge in [-0.3, -0.25) is 4.79 Å². The van der Waals surface area contributed by atoms with Gasteiger partial charge in [-0.1, -0.05) is 18.2 Å². The highest BCUT2D eigenvalue weighted by molar-refractivity contribution is 7.10. The molecule has 0 aliphatic rings. The van der Waals surface area contributed by atoms with Gasteiger partial charge in [-0.2, -0.15) is 5.10 Å². The topological polar surface area (TPSA) is 59.8 Å². The Morgan fingerprint density at radius 2 is 1.96 bits per heavy atom. The first-order valence-corrected chi connectivity index (χ1v) is 9.84. The third-order valence-electron chi connectivity index (χ3n) is 4.49. The highest BCUT2D eigenvalue weighted by Crippen LogP contribution is 2.27. The molecule has 0 saturated carbocycles. The van der Waals surface area contributed by atoms with Crippen LogP contribution < -0.4 is 5.32 Å². The SMILES string of the molecule is CC(C)n1ncc2cc(C(=O)N[C@H](c3ccc(F)cc3)c3cccs3)cnc21. The Morgan fingerprint density at radius 3 is 2.64 bits per heavy atom.